The van der Waals surface area contributed by atoms with Crippen molar-refractivity contribution in [3.05, 3.63) is 34.9 Å². The van der Waals surface area contributed by atoms with Crippen molar-refractivity contribution in [3.63, 3.8) is 0 Å². The Hall–Kier alpha value is -0.910. The predicted octanol–water partition coefficient (Wildman–Crippen LogP) is 1.62. The first-order valence-corrected chi connectivity index (χ1v) is 7.80. The van der Waals surface area contributed by atoms with Gasteiger partial charge in [0.25, 0.3) is 0 Å². The van der Waals surface area contributed by atoms with E-state index >= 15 is 0 Å². The van der Waals surface area contributed by atoms with Crippen molar-refractivity contribution in [1.82, 2.24) is 4.90 Å². The van der Waals surface area contributed by atoms with E-state index in [0.717, 1.165) is 5.56 Å². The maximum atomic E-state index is 12.4. The molecule has 0 aromatic heterocycles. The number of methoxy groups -OCH3 is 1. The minimum Gasteiger partial charge on any atom is -0.383 e. The zero-order valence-corrected chi connectivity index (χ0v) is 12.2. The molecule has 1 aromatic carbocycles. The van der Waals surface area contributed by atoms with Gasteiger partial charge in [-0.2, -0.15) is 0 Å². The molecule has 6 heteroatoms. The van der Waals surface area contributed by atoms with E-state index in [-0.39, 0.29) is 5.91 Å². The van der Waals surface area contributed by atoms with Crippen LogP contribution in [0.4, 0.5) is 0 Å². The van der Waals surface area contributed by atoms with Gasteiger partial charge in [-0.1, -0.05) is 23.7 Å². The second-order valence-electron chi connectivity index (χ2n) is 4.33. The molecule has 1 saturated heterocycles. The predicted molar refractivity (Wildman–Crippen MR) is 75.7 cm³/mol. The molecule has 0 N–H and O–H groups in total. The van der Waals surface area contributed by atoms with Gasteiger partial charge >= 0.3 is 0 Å². The smallest absolute Gasteiger partial charge is 0.242 e. The summed E-state index contributed by atoms with van der Waals surface area (Å²) in [6.07, 6.45) is 0. The maximum Gasteiger partial charge on any atom is 0.242 e. The van der Waals surface area contributed by atoms with E-state index in [1.807, 2.05) is 0 Å². The van der Waals surface area contributed by atoms with Crippen molar-refractivity contribution in [2.45, 2.75) is 5.25 Å². The molecule has 1 aromatic rings. The Balaban J connectivity index is 2.19. The molecule has 0 saturated carbocycles. The number of ether oxygens (including phenoxy) is 1. The van der Waals surface area contributed by atoms with Crippen LogP contribution in [-0.4, -0.2) is 47.6 Å². The topological polar surface area (TPSA) is 46.6 Å². The summed E-state index contributed by atoms with van der Waals surface area (Å²) in [5.74, 6) is 0.409. The van der Waals surface area contributed by atoms with Gasteiger partial charge in [0.15, 0.2) is 0 Å². The largest absolute Gasteiger partial charge is 0.383 e. The fourth-order valence-corrected chi connectivity index (χ4v) is 3.66. The van der Waals surface area contributed by atoms with Gasteiger partial charge in [0, 0.05) is 41.8 Å². The third-order valence-corrected chi connectivity index (χ3v) is 4.94. The number of carbonyl (C=O) groups excluding carboxylic acids is 1. The van der Waals surface area contributed by atoms with E-state index in [1.54, 1.807) is 36.3 Å². The molecule has 1 heterocycles. The average molecular weight is 302 g/mol. The third kappa shape index (κ3) is 3.35. The van der Waals surface area contributed by atoms with Gasteiger partial charge < -0.3 is 9.64 Å². The lowest BCUT2D eigenvalue weighted by Crippen LogP contribution is -2.46. The quantitative estimate of drug-likeness (QED) is 0.849. The fourth-order valence-electron chi connectivity index (χ4n) is 2.06. The lowest BCUT2D eigenvalue weighted by molar-refractivity contribution is -0.131. The molecule has 0 bridgehead atoms. The highest BCUT2D eigenvalue weighted by Gasteiger charge is 2.35. The fraction of sp³-hybridized carbons (Fsp3) is 0.462. The maximum absolute atomic E-state index is 12.4. The molecular weight excluding hydrogens is 286 g/mol. The Morgan fingerprint density at radius 1 is 1.42 bits per heavy atom. The monoisotopic (exact) mass is 301 g/mol. The molecule has 4 nitrogen and oxygen atoms in total. The number of nitrogens with zero attached hydrogens (tertiary/aromatic N) is 1. The summed E-state index contributed by atoms with van der Waals surface area (Å²) in [7, 11) is 0.433. The Morgan fingerprint density at radius 2 is 2.11 bits per heavy atom. The van der Waals surface area contributed by atoms with E-state index in [0.29, 0.717) is 30.5 Å². The van der Waals surface area contributed by atoms with Crippen LogP contribution in [0.25, 0.3) is 0 Å². The van der Waals surface area contributed by atoms with Gasteiger partial charge in [0.1, 0.15) is 5.25 Å². The van der Waals surface area contributed by atoms with Crippen molar-refractivity contribution >= 4 is 28.3 Å². The van der Waals surface area contributed by atoms with Crippen LogP contribution in [0.5, 0.6) is 0 Å². The van der Waals surface area contributed by atoms with Crippen LogP contribution >= 0.6 is 11.6 Å². The van der Waals surface area contributed by atoms with Crippen molar-refractivity contribution in [3.8, 4) is 0 Å². The highest BCUT2D eigenvalue weighted by molar-refractivity contribution is 7.86. The van der Waals surface area contributed by atoms with Crippen LogP contribution in [-0.2, 0) is 20.3 Å². The van der Waals surface area contributed by atoms with Gasteiger partial charge in [-0.3, -0.25) is 9.00 Å². The first-order chi connectivity index (χ1) is 9.13. The van der Waals surface area contributed by atoms with Crippen LogP contribution in [0.3, 0.4) is 0 Å². The van der Waals surface area contributed by atoms with Crippen molar-refractivity contribution in [1.29, 1.82) is 0 Å². The Labute approximate surface area is 120 Å². The van der Waals surface area contributed by atoms with Crippen molar-refractivity contribution in [2.24, 2.45) is 0 Å². The molecule has 2 rings (SSSR count). The van der Waals surface area contributed by atoms with Crippen LogP contribution < -0.4 is 0 Å². The summed E-state index contributed by atoms with van der Waals surface area (Å²) in [6, 6.07) is 6.97. The van der Waals surface area contributed by atoms with Crippen LogP contribution in [0, 0.1) is 0 Å². The number of rotatable bonds is 4. The Morgan fingerprint density at radius 3 is 2.74 bits per heavy atom. The molecule has 1 aliphatic heterocycles. The minimum absolute atomic E-state index is 0.0936. The molecule has 104 valence electrons. The minimum atomic E-state index is -1.17. The molecule has 0 spiro atoms. The summed E-state index contributed by atoms with van der Waals surface area (Å²) in [5.41, 5.74) is 0.759. The SMILES string of the molecule is COCCN1CCS(=O)C(c2ccc(Cl)cc2)C1=O. The molecule has 0 radical (unpaired) electrons. The standard InChI is InChI=1S/C13H16ClNO3S/c1-18-8-6-15-7-9-19(17)12(13(15)16)10-2-4-11(14)5-3-10/h2-5,12H,6-9H2,1H3. The van der Waals surface area contributed by atoms with E-state index in [1.165, 1.54) is 0 Å². The molecule has 19 heavy (non-hydrogen) atoms. The van der Waals surface area contributed by atoms with Crippen molar-refractivity contribution in [2.75, 3.05) is 32.6 Å². The number of halogens is 1. The van der Waals surface area contributed by atoms with Crippen LogP contribution in [0.1, 0.15) is 10.8 Å². The highest BCUT2D eigenvalue weighted by Crippen LogP contribution is 2.27. The zero-order chi connectivity index (χ0) is 13.8. The first kappa shape index (κ1) is 14.5. The van der Waals surface area contributed by atoms with Crippen molar-refractivity contribution < 1.29 is 13.7 Å². The van der Waals surface area contributed by atoms with Gasteiger partial charge in [0.2, 0.25) is 5.91 Å². The molecule has 1 aliphatic rings. The lowest BCUT2D eigenvalue weighted by atomic mass is 10.1. The summed E-state index contributed by atoms with van der Waals surface area (Å²) >= 11 is 5.83. The molecule has 2 atom stereocenters. The summed E-state index contributed by atoms with van der Waals surface area (Å²) in [5, 5.41) is 0.0249. The molecule has 1 amide bonds. The normalized spacial score (nSPS) is 23.7. The average Bonchev–Trinajstić information content (AvgIpc) is 2.40. The highest BCUT2D eigenvalue weighted by atomic mass is 35.5. The number of benzene rings is 1. The van der Waals surface area contributed by atoms with Gasteiger partial charge in [-0.25, -0.2) is 0 Å². The first-order valence-electron chi connectivity index (χ1n) is 6.04. The summed E-state index contributed by atoms with van der Waals surface area (Å²) < 4.78 is 17.1. The molecule has 2 unspecified atom stereocenters. The molecule has 1 fully saturated rings. The van der Waals surface area contributed by atoms with E-state index in [2.05, 4.69) is 0 Å². The van der Waals surface area contributed by atoms with E-state index < -0.39 is 16.0 Å². The van der Waals surface area contributed by atoms with Gasteiger partial charge in [-0.15, -0.1) is 0 Å². The third-order valence-electron chi connectivity index (χ3n) is 3.10. The molecular formula is C13H16ClNO3S. The lowest BCUT2D eigenvalue weighted by Gasteiger charge is -2.31. The Kier molecular flexibility index (Phi) is 4.96. The van der Waals surface area contributed by atoms with Crippen LogP contribution in [0.2, 0.25) is 5.02 Å². The number of hydrogen-bond donors (Lipinski definition) is 0. The summed E-state index contributed by atoms with van der Waals surface area (Å²) in [6.45, 7) is 1.56. The molecule has 0 aliphatic carbocycles. The van der Waals surface area contributed by atoms with E-state index in [4.69, 9.17) is 16.3 Å². The second kappa shape index (κ2) is 6.50. The number of carbonyl (C=O) groups is 1. The second-order valence-corrected chi connectivity index (χ2v) is 6.41. The number of amides is 1. The number of hydrogen-bond acceptors (Lipinski definition) is 3. The Bertz CT molecular complexity index is 477. The summed E-state index contributed by atoms with van der Waals surface area (Å²) in [4.78, 5) is 14.1. The van der Waals surface area contributed by atoms with Gasteiger partial charge in [-0.05, 0) is 17.7 Å². The van der Waals surface area contributed by atoms with E-state index in [9.17, 15) is 9.00 Å². The zero-order valence-electron chi connectivity index (χ0n) is 10.7. The van der Waals surface area contributed by atoms with Crippen LogP contribution in [0.15, 0.2) is 24.3 Å². The van der Waals surface area contributed by atoms with Gasteiger partial charge in [0.05, 0.1) is 6.61 Å².